The summed E-state index contributed by atoms with van der Waals surface area (Å²) in [4.78, 5) is 3.91. The summed E-state index contributed by atoms with van der Waals surface area (Å²) < 4.78 is 47.7. The van der Waals surface area contributed by atoms with Gasteiger partial charge in [0.2, 0.25) is 0 Å². The van der Waals surface area contributed by atoms with Crippen molar-refractivity contribution in [1.82, 2.24) is 0 Å². The summed E-state index contributed by atoms with van der Waals surface area (Å²) in [6.07, 6.45) is 2.76. The van der Waals surface area contributed by atoms with Crippen LogP contribution in [0, 0.1) is 17.7 Å². The van der Waals surface area contributed by atoms with Gasteiger partial charge in [0.15, 0.2) is 5.54 Å². The normalized spacial score (nSPS) is 31.9. The number of hydrogen-bond acceptors (Lipinski definition) is 3. The molecule has 1 heterocycles. The maximum Gasteiger partial charge on any atom is 0.283 e. The minimum Gasteiger partial charge on any atom is -0.462 e. The highest BCUT2D eigenvalue weighted by molar-refractivity contribution is 5.74. The van der Waals surface area contributed by atoms with E-state index in [1.54, 1.807) is 12.1 Å². The van der Waals surface area contributed by atoms with Gasteiger partial charge >= 0.3 is 0 Å². The summed E-state index contributed by atoms with van der Waals surface area (Å²) in [5.74, 6) is -0.444. The van der Waals surface area contributed by atoms with Crippen LogP contribution in [-0.4, -0.2) is 18.6 Å². The van der Waals surface area contributed by atoms with Gasteiger partial charge in [-0.1, -0.05) is 31.4 Å². The Hall–Kier alpha value is -1.72. The maximum absolute atomic E-state index is 14.5. The van der Waals surface area contributed by atoms with Gasteiger partial charge in [-0.2, -0.15) is 0 Å². The Morgan fingerprint density at radius 1 is 1.33 bits per heavy atom. The van der Waals surface area contributed by atoms with E-state index in [0.29, 0.717) is 12.3 Å². The van der Waals surface area contributed by atoms with Crippen LogP contribution in [0.4, 0.5) is 13.2 Å². The van der Waals surface area contributed by atoms with Crippen molar-refractivity contribution in [2.75, 3.05) is 0 Å². The van der Waals surface area contributed by atoms with Crippen molar-refractivity contribution in [3.05, 3.63) is 35.1 Å². The lowest BCUT2D eigenvalue weighted by molar-refractivity contribution is 0.0176. The average Bonchev–Trinajstić information content (AvgIpc) is 3.25. The van der Waals surface area contributed by atoms with Gasteiger partial charge in [0.25, 0.3) is 12.4 Å². The first kappa shape index (κ1) is 15.8. The number of nitrogens with zero attached hydrogens (tertiary/aromatic N) is 1. The number of amidine groups is 1. The lowest BCUT2D eigenvalue weighted by Gasteiger charge is -2.33. The molecule has 2 N–H and O–H groups in total. The quantitative estimate of drug-likeness (QED) is 0.889. The fourth-order valence-electron chi connectivity index (χ4n) is 3.99. The van der Waals surface area contributed by atoms with Crippen LogP contribution < -0.4 is 5.73 Å². The first-order chi connectivity index (χ1) is 11.5. The van der Waals surface area contributed by atoms with E-state index in [0.717, 1.165) is 18.4 Å². The Morgan fingerprint density at radius 2 is 2.12 bits per heavy atom. The standard InChI is InChI=1S/C18H21F3N2O/c19-14-7-6-11(5-4-10-2-1-3-10)8-12(14)18(16(20)21)13-9-15(13)24-17(22)23-18/h6-8,10,13,15-16H,1-5,9H2,(H2,22,23)/t13-,15+,18+/m0/s1. The summed E-state index contributed by atoms with van der Waals surface area (Å²) in [5, 5.41) is 0. The van der Waals surface area contributed by atoms with Crippen LogP contribution in [0.2, 0.25) is 0 Å². The van der Waals surface area contributed by atoms with Crippen molar-refractivity contribution < 1.29 is 17.9 Å². The third kappa shape index (κ3) is 2.47. The first-order valence-corrected chi connectivity index (χ1v) is 8.59. The Balaban J connectivity index is 1.68. The number of alkyl halides is 2. The van der Waals surface area contributed by atoms with Crippen LogP contribution in [-0.2, 0) is 16.7 Å². The summed E-state index contributed by atoms with van der Waals surface area (Å²) in [6.45, 7) is 0. The molecule has 1 aromatic rings. The van der Waals surface area contributed by atoms with Gasteiger partial charge in [-0.3, -0.25) is 0 Å². The summed E-state index contributed by atoms with van der Waals surface area (Å²) >= 11 is 0. The molecule has 0 spiro atoms. The maximum atomic E-state index is 14.5. The Kier molecular flexibility index (Phi) is 3.73. The lowest BCUT2D eigenvalue weighted by atomic mass is 9.80. The van der Waals surface area contributed by atoms with Gasteiger partial charge in [0, 0.05) is 11.5 Å². The molecule has 1 aliphatic heterocycles. The third-order valence-electron chi connectivity index (χ3n) is 5.73. The second-order valence-corrected chi connectivity index (χ2v) is 7.22. The molecule has 0 saturated heterocycles. The van der Waals surface area contributed by atoms with E-state index in [1.807, 2.05) is 0 Å². The van der Waals surface area contributed by atoms with Crippen molar-refractivity contribution in [2.45, 2.75) is 56.6 Å². The van der Waals surface area contributed by atoms with E-state index in [2.05, 4.69) is 4.99 Å². The van der Waals surface area contributed by atoms with E-state index in [9.17, 15) is 13.2 Å². The zero-order valence-corrected chi connectivity index (χ0v) is 13.4. The second kappa shape index (κ2) is 5.67. The highest BCUT2D eigenvalue weighted by Crippen LogP contribution is 2.56. The van der Waals surface area contributed by atoms with Crippen LogP contribution >= 0.6 is 0 Å². The minimum atomic E-state index is -2.83. The number of nitrogens with two attached hydrogens (primary N) is 1. The van der Waals surface area contributed by atoms with Crippen LogP contribution in [0.3, 0.4) is 0 Å². The molecule has 0 unspecified atom stereocenters. The van der Waals surface area contributed by atoms with Gasteiger partial charge in [-0.05, 0) is 36.8 Å². The molecular weight excluding hydrogens is 317 g/mol. The van der Waals surface area contributed by atoms with Crippen molar-refractivity contribution in [3.63, 3.8) is 0 Å². The minimum absolute atomic E-state index is 0.0395. The topological polar surface area (TPSA) is 47.6 Å². The average molecular weight is 338 g/mol. The molecule has 0 amide bonds. The molecule has 3 aliphatic rings. The number of hydrogen-bond donors (Lipinski definition) is 1. The molecule has 0 bridgehead atoms. The van der Waals surface area contributed by atoms with Crippen LogP contribution in [0.1, 0.15) is 43.2 Å². The molecule has 0 aromatic heterocycles. The van der Waals surface area contributed by atoms with Crippen molar-refractivity contribution >= 4 is 6.02 Å². The monoisotopic (exact) mass is 338 g/mol. The Morgan fingerprint density at radius 3 is 2.79 bits per heavy atom. The predicted octanol–water partition coefficient (Wildman–Crippen LogP) is 3.75. The number of ether oxygens (including phenoxy) is 1. The number of rotatable bonds is 5. The SMILES string of the molecule is NC1=N[C@@](c2cc(CCC3CCC3)ccc2F)(C(F)F)[C@H]2C[C@H]2O1. The van der Waals surface area contributed by atoms with E-state index in [4.69, 9.17) is 10.5 Å². The van der Waals surface area contributed by atoms with Gasteiger partial charge < -0.3 is 10.5 Å². The predicted molar refractivity (Wildman–Crippen MR) is 84.3 cm³/mol. The van der Waals surface area contributed by atoms with Crippen molar-refractivity contribution in [3.8, 4) is 0 Å². The number of aliphatic imine (C=N–C) groups is 1. The number of fused-ring (bicyclic) bond motifs is 1. The molecule has 6 heteroatoms. The molecule has 2 aliphatic carbocycles. The summed E-state index contributed by atoms with van der Waals surface area (Å²) in [5.41, 5.74) is 4.52. The number of halogens is 3. The third-order valence-corrected chi connectivity index (χ3v) is 5.73. The lowest BCUT2D eigenvalue weighted by Crippen LogP contribution is -2.43. The van der Waals surface area contributed by atoms with Crippen LogP contribution in [0.25, 0.3) is 0 Å². The molecule has 2 saturated carbocycles. The fraction of sp³-hybridized carbons (Fsp3) is 0.611. The smallest absolute Gasteiger partial charge is 0.283 e. The summed E-state index contributed by atoms with van der Waals surface area (Å²) in [7, 11) is 0. The molecule has 130 valence electrons. The van der Waals surface area contributed by atoms with Crippen LogP contribution in [0.5, 0.6) is 0 Å². The second-order valence-electron chi connectivity index (χ2n) is 7.22. The number of benzene rings is 1. The van der Waals surface area contributed by atoms with E-state index in [-0.39, 0.29) is 17.7 Å². The fourth-order valence-corrected chi connectivity index (χ4v) is 3.99. The molecule has 2 fully saturated rings. The zero-order chi connectivity index (χ0) is 16.9. The molecule has 0 radical (unpaired) electrons. The van der Waals surface area contributed by atoms with E-state index < -0.39 is 23.7 Å². The molecule has 24 heavy (non-hydrogen) atoms. The van der Waals surface area contributed by atoms with E-state index >= 15 is 0 Å². The zero-order valence-electron chi connectivity index (χ0n) is 13.4. The molecule has 1 aromatic carbocycles. The van der Waals surface area contributed by atoms with Gasteiger partial charge in [0.1, 0.15) is 11.9 Å². The van der Waals surface area contributed by atoms with Gasteiger partial charge in [-0.15, -0.1) is 0 Å². The largest absolute Gasteiger partial charge is 0.462 e. The molecule has 3 nitrogen and oxygen atoms in total. The van der Waals surface area contributed by atoms with Gasteiger partial charge in [0.05, 0.1) is 0 Å². The first-order valence-electron chi connectivity index (χ1n) is 8.59. The highest BCUT2D eigenvalue weighted by Gasteiger charge is 2.64. The summed E-state index contributed by atoms with van der Waals surface area (Å²) in [6, 6.07) is 4.27. The van der Waals surface area contributed by atoms with Crippen LogP contribution in [0.15, 0.2) is 23.2 Å². The highest BCUT2D eigenvalue weighted by atomic mass is 19.3. The molecule has 4 rings (SSSR count). The molecular formula is C18H21F3N2O. The number of aryl methyl sites for hydroxylation is 1. The van der Waals surface area contributed by atoms with E-state index in [1.165, 1.54) is 25.3 Å². The Bertz CT molecular complexity index is 674. The van der Waals surface area contributed by atoms with Crippen molar-refractivity contribution in [2.24, 2.45) is 22.6 Å². The van der Waals surface area contributed by atoms with Gasteiger partial charge in [-0.25, -0.2) is 18.2 Å². The Labute approximate surface area is 139 Å². The molecule has 3 atom stereocenters. The van der Waals surface area contributed by atoms with Crippen molar-refractivity contribution in [1.29, 1.82) is 0 Å².